The molecule has 0 spiro atoms. The fourth-order valence-corrected chi connectivity index (χ4v) is 2.56. The number of hydrogen-bond acceptors (Lipinski definition) is 5. The molecule has 0 fully saturated rings. The van der Waals surface area contributed by atoms with Crippen molar-refractivity contribution >= 4 is 23.8 Å². The predicted octanol–water partition coefficient (Wildman–Crippen LogP) is 2.47. The third kappa shape index (κ3) is 3.98. The number of carboxylic acid groups (broad SMARTS) is 1. The third-order valence-corrected chi connectivity index (χ3v) is 3.80. The number of unbranched alkanes of at least 4 members (excludes halogenated alkanes) is 3. The maximum atomic E-state index is 12.2. The number of aliphatic carboxylic acids is 1. The van der Waals surface area contributed by atoms with Gasteiger partial charge in [0, 0.05) is 12.8 Å². The molecule has 0 radical (unpaired) electrons. The molecule has 1 heterocycles. The molecule has 1 N–H and O–H groups in total. The first-order valence-corrected chi connectivity index (χ1v) is 7.83. The van der Waals surface area contributed by atoms with E-state index in [1.165, 1.54) is 6.07 Å². The number of nitrogens with zero attached hydrogens (tertiary/aromatic N) is 1. The normalized spacial score (nSPS) is 13.1. The maximum Gasteiger partial charge on any atom is 0.333 e. The summed E-state index contributed by atoms with van der Waals surface area (Å²) in [5.74, 6) is -2.74. The van der Waals surface area contributed by atoms with E-state index in [0.29, 0.717) is 36.3 Å². The molecule has 0 unspecified atom stereocenters. The van der Waals surface area contributed by atoms with Gasteiger partial charge in [0.1, 0.15) is 0 Å². The summed E-state index contributed by atoms with van der Waals surface area (Å²) in [4.78, 5) is 51.5. The van der Waals surface area contributed by atoms with Gasteiger partial charge in [0.2, 0.25) is 0 Å². The van der Waals surface area contributed by atoms with E-state index in [1.54, 1.807) is 19.1 Å². The van der Waals surface area contributed by atoms with E-state index >= 15 is 0 Å². The van der Waals surface area contributed by atoms with Crippen LogP contribution in [-0.4, -0.2) is 33.9 Å². The van der Waals surface area contributed by atoms with Crippen LogP contribution < -0.4 is 0 Å². The minimum atomic E-state index is -0.838. The van der Waals surface area contributed by atoms with Gasteiger partial charge in [-0.05, 0) is 31.4 Å². The van der Waals surface area contributed by atoms with Crippen molar-refractivity contribution in [3.63, 3.8) is 0 Å². The minimum Gasteiger partial charge on any atom is -0.481 e. The minimum absolute atomic E-state index is 0.0689. The van der Waals surface area contributed by atoms with Crippen LogP contribution in [0, 0.1) is 6.92 Å². The standard InChI is InChI=1S/C17H19NO6/c1-11-7-6-8-12-15(11)17(23)18(16(12)22)24-14(21)10-5-3-2-4-9-13(19)20/h6-8H,2-5,9-10H2,1H3,(H,19,20). The lowest BCUT2D eigenvalue weighted by atomic mass is 10.0. The maximum absolute atomic E-state index is 12.2. The molecule has 128 valence electrons. The summed E-state index contributed by atoms with van der Waals surface area (Å²) in [7, 11) is 0. The zero-order valence-corrected chi connectivity index (χ0v) is 13.4. The van der Waals surface area contributed by atoms with Crippen molar-refractivity contribution in [2.75, 3.05) is 0 Å². The number of fused-ring (bicyclic) bond motifs is 1. The van der Waals surface area contributed by atoms with Gasteiger partial charge in [-0.15, -0.1) is 0 Å². The largest absolute Gasteiger partial charge is 0.481 e. The second kappa shape index (κ2) is 7.72. The van der Waals surface area contributed by atoms with Crippen LogP contribution in [0.2, 0.25) is 0 Å². The molecule has 1 aliphatic rings. The summed E-state index contributed by atoms with van der Waals surface area (Å²) < 4.78 is 0. The Kier molecular flexibility index (Phi) is 5.68. The molecule has 2 amide bonds. The van der Waals surface area contributed by atoms with Crippen LogP contribution in [0.25, 0.3) is 0 Å². The summed E-state index contributed by atoms with van der Waals surface area (Å²) in [5.41, 5.74) is 1.16. The van der Waals surface area contributed by atoms with Crippen LogP contribution in [0.4, 0.5) is 0 Å². The second-order valence-electron chi connectivity index (χ2n) is 5.67. The average molecular weight is 333 g/mol. The topological polar surface area (TPSA) is 101 Å². The van der Waals surface area contributed by atoms with Crippen LogP contribution in [0.5, 0.6) is 0 Å². The summed E-state index contributed by atoms with van der Waals surface area (Å²) in [6.07, 6.45) is 2.64. The highest BCUT2D eigenvalue weighted by atomic mass is 16.7. The van der Waals surface area contributed by atoms with E-state index < -0.39 is 23.8 Å². The summed E-state index contributed by atoms with van der Waals surface area (Å²) in [5, 5.41) is 9.04. The van der Waals surface area contributed by atoms with E-state index in [2.05, 4.69) is 0 Å². The smallest absolute Gasteiger partial charge is 0.333 e. The summed E-state index contributed by atoms with van der Waals surface area (Å²) in [6.45, 7) is 1.71. The van der Waals surface area contributed by atoms with Gasteiger partial charge in [0.15, 0.2) is 0 Å². The van der Waals surface area contributed by atoms with E-state index in [0.717, 1.165) is 0 Å². The van der Waals surface area contributed by atoms with Crippen molar-refractivity contribution in [2.24, 2.45) is 0 Å². The van der Waals surface area contributed by atoms with Gasteiger partial charge in [0.25, 0.3) is 11.8 Å². The van der Waals surface area contributed by atoms with Crippen molar-refractivity contribution < 1.29 is 29.1 Å². The molecule has 0 saturated heterocycles. The zero-order chi connectivity index (χ0) is 17.7. The lowest BCUT2D eigenvalue weighted by molar-refractivity contribution is -0.168. The number of rotatable bonds is 8. The molecule has 0 bridgehead atoms. The van der Waals surface area contributed by atoms with Crippen molar-refractivity contribution in [3.05, 3.63) is 34.9 Å². The zero-order valence-electron chi connectivity index (χ0n) is 13.4. The Balaban J connectivity index is 1.81. The van der Waals surface area contributed by atoms with Crippen LogP contribution in [0.15, 0.2) is 18.2 Å². The lowest BCUT2D eigenvalue weighted by Crippen LogP contribution is -2.32. The van der Waals surface area contributed by atoms with Gasteiger partial charge in [-0.25, -0.2) is 4.79 Å². The predicted molar refractivity (Wildman–Crippen MR) is 83.1 cm³/mol. The van der Waals surface area contributed by atoms with Crippen LogP contribution >= 0.6 is 0 Å². The Morgan fingerprint density at radius 2 is 1.71 bits per heavy atom. The number of aryl methyl sites for hydroxylation is 1. The second-order valence-corrected chi connectivity index (χ2v) is 5.67. The molecule has 1 aromatic rings. The van der Waals surface area contributed by atoms with Crippen LogP contribution in [0.3, 0.4) is 0 Å². The number of hydrogen-bond donors (Lipinski definition) is 1. The first-order valence-electron chi connectivity index (χ1n) is 7.83. The van der Waals surface area contributed by atoms with Gasteiger partial charge < -0.3 is 9.94 Å². The Morgan fingerprint density at radius 3 is 2.33 bits per heavy atom. The monoisotopic (exact) mass is 333 g/mol. The highest BCUT2D eigenvalue weighted by Crippen LogP contribution is 2.26. The Labute approximate surface area is 139 Å². The van der Waals surface area contributed by atoms with Gasteiger partial charge in [0.05, 0.1) is 11.1 Å². The number of imide groups is 1. The van der Waals surface area contributed by atoms with Gasteiger partial charge >= 0.3 is 11.9 Å². The molecular weight excluding hydrogens is 314 g/mol. The van der Waals surface area contributed by atoms with Crippen LogP contribution in [-0.2, 0) is 14.4 Å². The molecule has 0 saturated carbocycles. The fraction of sp³-hybridized carbons (Fsp3) is 0.412. The molecular formula is C17H19NO6. The van der Waals surface area contributed by atoms with E-state index in [-0.39, 0.29) is 24.0 Å². The van der Waals surface area contributed by atoms with Crippen molar-refractivity contribution in [2.45, 2.75) is 45.4 Å². The summed E-state index contributed by atoms with van der Waals surface area (Å²) >= 11 is 0. The summed E-state index contributed by atoms with van der Waals surface area (Å²) in [6, 6.07) is 4.91. The third-order valence-electron chi connectivity index (χ3n) is 3.80. The van der Waals surface area contributed by atoms with Crippen molar-refractivity contribution in [1.29, 1.82) is 0 Å². The number of carbonyl (C=O) groups excluding carboxylic acids is 3. The number of carboxylic acids is 1. The number of benzene rings is 1. The SMILES string of the molecule is Cc1cccc2c1C(=O)N(OC(=O)CCCCCCC(=O)O)C2=O. The molecule has 0 atom stereocenters. The molecule has 0 aliphatic carbocycles. The number of carbonyl (C=O) groups is 4. The van der Waals surface area contributed by atoms with Gasteiger partial charge in [-0.3, -0.25) is 14.4 Å². The van der Waals surface area contributed by atoms with E-state index in [1.807, 2.05) is 0 Å². The van der Waals surface area contributed by atoms with Gasteiger partial charge in [-0.2, -0.15) is 0 Å². The quantitative estimate of drug-likeness (QED) is 0.579. The number of hydroxylamine groups is 2. The molecule has 1 aromatic carbocycles. The average Bonchev–Trinajstić information content (AvgIpc) is 2.76. The first-order chi connectivity index (χ1) is 11.4. The molecule has 0 aromatic heterocycles. The first kappa shape index (κ1) is 17.7. The molecule has 24 heavy (non-hydrogen) atoms. The molecule has 7 heteroatoms. The van der Waals surface area contributed by atoms with Gasteiger partial charge in [-0.1, -0.05) is 30.0 Å². The lowest BCUT2D eigenvalue weighted by Gasteiger charge is -2.12. The van der Waals surface area contributed by atoms with Crippen molar-refractivity contribution in [1.82, 2.24) is 5.06 Å². The highest BCUT2D eigenvalue weighted by Gasteiger charge is 2.39. The molecule has 7 nitrogen and oxygen atoms in total. The molecule has 2 rings (SSSR count). The number of amides is 2. The van der Waals surface area contributed by atoms with Crippen molar-refractivity contribution in [3.8, 4) is 0 Å². The Hall–Kier alpha value is -2.70. The van der Waals surface area contributed by atoms with E-state index in [4.69, 9.17) is 9.94 Å². The Morgan fingerprint density at radius 1 is 1.04 bits per heavy atom. The Bertz CT molecular complexity index is 682. The van der Waals surface area contributed by atoms with Crippen LogP contribution in [0.1, 0.15) is 64.8 Å². The highest BCUT2D eigenvalue weighted by molar-refractivity contribution is 6.21. The van der Waals surface area contributed by atoms with E-state index in [9.17, 15) is 19.2 Å². The fourth-order valence-electron chi connectivity index (χ4n) is 2.56. The molecule has 1 aliphatic heterocycles.